The van der Waals surface area contributed by atoms with E-state index >= 15 is 0 Å². The number of hydrogen-bond acceptors (Lipinski definition) is 5. The summed E-state index contributed by atoms with van der Waals surface area (Å²) in [5.41, 5.74) is 2.23. The number of imide groups is 2. The summed E-state index contributed by atoms with van der Waals surface area (Å²) >= 11 is 0. The van der Waals surface area contributed by atoms with Crippen LogP contribution in [0.4, 0.5) is 10.5 Å². The maximum absolute atomic E-state index is 13.0. The number of amides is 4. The van der Waals surface area contributed by atoms with Crippen LogP contribution in [-0.4, -0.2) is 23.6 Å². The largest absolute Gasteiger partial charge is 0.457 e. The van der Waals surface area contributed by atoms with Crippen LogP contribution in [0.25, 0.3) is 17.4 Å². The molecule has 2 aromatic carbocycles. The van der Waals surface area contributed by atoms with Gasteiger partial charge in [0.25, 0.3) is 11.8 Å². The Morgan fingerprint density at radius 3 is 2.35 bits per heavy atom. The number of carbonyl (C=O) groups excluding carboxylic acids is 4. The molecule has 1 aliphatic rings. The van der Waals surface area contributed by atoms with Gasteiger partial charge in [0.2, 0.25) is 0 Å². The van der Waals surface area contributed by atoms with E-state index in [1.807, 2.05) is 0 Å². The number of urea groups is 1. The Hall–Kier alpha value is -4.26. The standard InChI is InChI=1S/C24H18N2O5/c1-14-5-3-4-6-20(14)26-23(29)19(22(28)25-24(26)30)13-18-11-12-21(31-18)17-9-7-16(8-10-17)15(2)27/h3-13H,1-2H3,(H,25,28,30)/b19-13+. The first kappa shape index (κ1) is 20.0. The summed E-state index contributed by atoms with van der Waals surface area (Å²) in [6.45, 7) is 3.26. The van der Waals surface area contributed by atoms with Gasteiger partial charge in [-0.25, -0.2) is 9.69 Å². The van der Waals surface area contributed by atoms with Crippen LogP contribution in [0.3, 0.4) is 0 Å². The van der Waals surface area contributed by atoms with Crippen molar-refractivity contribution >= 4 is 35.4 Å². The molecule has 0 saturated carbocycles. The number of aryl methyl sites for hydroxylation is 1. The monoisotopic (exact) mass is 414 g/mol. The number of nitrogens with one attached hydrogen (secondary N) is 1. The minimum Gasteiger partial charge on any atom is -0.457 e. The second-order valence-corrected chi connectivity index (χ2v) is 7.08. The third-order valence-corrected chi connectivity index (χ3v) is 4.95. The number of carbonyl (C=O) groups is 4. The lowest BCUT2D eigenvalue weighted by Gasteiger charge is -2.27. The molecule has 2 heterocycles. The Labute approximate surface area is 178 Å². The first-order valence-corrected chi connectivity index (χ1v) is 9.53. The number of benzene rings is 2. The normalized spacial score (nSPS) is 15.4. The number of rotatable bonds is 4. The lowest BCUT2D eigenvalue weighted by atomic mass is 10.1. The van der Waals surface area contributed by atoms with E-state index in [0.717, 1.165) is 10.5 Å². The second-order valence-electron chi connectivity index (χ2n) is 7.08. The Morgan fingerprint density at radius 2 is 1.68 bits per heavy atom. The molecule has 0 atom stereocenters. The predicted octanol–water partition coefficient (Wildman–Crippen LogP) is 4.12. The first-order chi connectivity index (χ1) is 14.8. The molecular formula is C24H18N2O5. The maximum atomic E-state index is 13.0. The third-order valence-electron chi connectivity index (χ3n) is 4.95. The van der Waals surface area contributed by atoms with Crippen molar-refractivity contribution in [1.29, 1.82) is 0 Å². The van der Waals surface area contributed by atoms with Crippen LogP contribution in [0.5, 0.6) is 0 Å². The zero-order valence-corrected chi connectivity index (χ0v) is 16.8. The van der Waals surface area contributed by atoms with E-state index in [-0.39, 0.29) is 17.1 Å². The van der Waals surface area contributed by atoms with Gasteiger partial charge in [0.15, 0.2) is 5.78 Å². The molecule has 4 rings (SSSR count). The SMILES string of the molecule is CC(=O)c1ccc(-c2ccc(/C=C3\C(=O)NC(=O)N(c4ccccc4C)C3=O)o2)cc1. The van der Waals surface area contributed by atoms with E-state index in [2.05, 4.69) is 5.32 Å². The van der Waals surface area contributed by atoms with Gasteiger partial charge in [-0.1, -0.05) is 42.5 Å². The van der Waals surface area contributed by atoms with Gasteiger partial charge in [0.05, 0.1) is 5.69 Å². The highest BCUT2D eigenvalue weighted by atomic mass is 16.3. The maximum Gasteiger partial charge on any atom is 0.335 e. The fourth-order valence-corrected chi connectivity index (χ4v) is 3.29. The van der Waals surface area contributed by atoms with E-state index in [0.29, 0.717) is 22.6 Å². The van der Waals surface area contributed by atoms with Crippen molar-refractivity contribution < 1.29 is 23.6 Å². The average molecular weight is 414 g/mol. The van der Waals surface area contributed by atoms with Crippen LogP contribution >= 0.6 is 0 Å². The van der Waals surface area contributed by atoms with E-state index in [1.54, 1.807) is 67.6 Å². The first-order valence-electron chi connectivity index (χ1n) is 9.53. The van der Waals surface area contributed by atoms with Crippen LogP contribution in [0, 0.1) is 6.92 Å². The number of hydrogen-bond donors (Lipinski definition) is 1. The molecule has 0 unspecified atom stereocenters. The average Bonchev–Trinajstić information content (AvgIpc) is 3.21. The number of para-hydroxylation sites is 1. The molecule has 1 aliphatic heterocycles. The zero-order chi connectivity index (χ0) is 22.1. The van der Waals surface area contributed by atoms with E-state index < -0.39 is 17.8 Å². The fraction of sp³-hybridized carbons (Fsp3) is 0.0833. The summed E-state index contributed by atoms with van der Waals surface area (Å²) < 4.78 is 5.76. The van der Waals surface area contributed by atoms with Gasteiger partial charge in [-0.3, -0.25) is 19.7 Å². The molecule has 4 amide bonds. The summed E-state index contributed by atoms with van der Waals surface area (Å²) in [4.78, 5) is 50.0. The smallest absolute Gasteiger partial charge is 0.335 e. The summed E-state index contributed by atoms with van der Waals surface area (Å²) in [5, 5.41) is 2.20. The molecule has 0 aliphatic carbocycles. The van der Waals surface area contributed by atoms with Gasteiger partial charge >= 0.3 is 6.03 Å². The molecule has 0 spiro atoms. The van der Waals surface area contributed by atoms with Crippen molar-refractivity contribution in [3.8, 4) is 11.3 Å². The molecule has 1 fully saturated rings. The summed E-state index contributed by atoms with van der Waals surface area (Å²) in [5.74, 6) is -0.762. The van der Waals surface area contributed by atoms with Crippen LogP contribution in [-0.2, 0) is 9.59 Å². The Bertz CT molecular complexity index is 1250. The highest BCUT2D eigenvalue weighted by molar-refractivity contribution is 6.39. The Balaban J connectivity index is 1.65. The predicted molar refractivity (Wildman–Crippen MR) is 114 cm³/mol. The number of ketones is 1. The van der Waals surface area contributed by atoms with E-state index in [1.165, 1.54) is 13.0 Å². The van der Waals surface area contributed by atoms with Gasteiger partial charge in [-0.05, 0) is 43.7 Å². The van der Waals surface area contributed by atoms with Gasteiger partial charge < -0.3 is 4.42 Å². The highest BCUT2D eigenvalue weighted by Gasteiger charge is 2.37. The number of anilines is 1. The van der Waals surface area contributed by atoms with Crippen molar-refractivity contribution in [2.45, 2.75) is 13.8 Å². The molecule has 3 aromatic rings. The Morgan fingerprint density at radius 1 is 0.968 bits per heavy atom. The minimum atomic E-state index is -0.799. The highest BCUT2D eigenvalue weighted by Crippen LogP contribution is 2.27. The number of nitrogens with zero attached hydrogens (tertiary/aromatic N) is 1. The third kappa shape index (κ3) is 3.81. The van der Waals surface area contributed by atoms with Gasteiger partial charge in [0.1, 0.15) is 17.1 Å². The van der Waals surface area contributed by atoms with Crippen LogP contribution in [0.2, 0.25) is 0 Å². The summed E-state index contributed by atoms with van der Waals surface area (Å²) in [7, 11) is 0. The summed E-state index contributed by atoms with van der Waals surface area (Å²) in [6, 6.07) is 16.3. The minimum absolute atomic E-state index is 0.0361. The van der Waals surface area contributed by atoms with Crippen LogP contribution < -0.4 is 10.2 Å². The Kier molecular flexibility index (Phi) is 5.09. The number of furan rings is 1. The molecule has 7 nitrogen and oxygen atoms in total. The number of Topliss-reactive ketones (excluding diaryl/α,β-unsaturated/α-hetero) is 1. The summed E-state index contributed by atoms with van der Waals surface area (Å²) in [6.07, 6.45) is 1.31. The molecule has 7 heteroatoms. The van der Waals surface area contributed by atoms with Gasteiger partial charge in [-0.15, -0.1) is 0 Å². The molecule has 1 saturated heterocycles. The quantitative estimate of drug-likeness (QED) is 0.393. The second kappa shape index (κ2) is 7.87. The molecule has 1 aromatic heterocycles. The van der Waals surface area contributed by atoms with Crippen molar-refractivity contribution in [2.24, 2.45) is 0 Å². The van der Waals surface area contributed by atoms with Crippen molar-refractivity contribution in [1.82, 2.24) is 5.32 Å². The lowest BCUT2D eigenvalue weighted by molar-refractivity contribution is -0.122. The topological polar surface area (TPSA) is 96.7 Å². The van der Waals surface area contributed by atoms with Crippen LogP contribution in [0.15, 0.2) is 70.7 Å². The van der Waals surface area contributed by atoms with E-state index in [9.17, 15) is 19.2 Å². The molecular weight excluding hydrogens is 396 g/mol. The zero-order valence-electron chi connectivity index (χ0n) is 16.8. The van der Waals surface area contributed by atoms with Crippen molar-refractivity contribution in [3.63, 3.8) is 0 Å². The molecule has 1 N–H and O–H groups in total. The lowest BCUT2D eigenvalue weighted by Crippen LogP contribution is -2.54. The van der Waals surface area contributed by atoms with E-state index in [4.69, 9.17) is 4.42 Å². The molecule has 154 valence electrons. The van der Waals surface area contributed by atoms with Gasteiger partial charge in [0, 0.05) is 11.1 Å². The van der Waals surface area contributed by atoms with Crippen molar-refractivity contribution in [2.75, 3.05) is 4.90 Å². The van der Waals surface area contributed by atoms with Gasteiger partial charge in [-0.2, -0.15) is 0 Å². The fourth-order valence-electron chi connectivity index (χ4n) is 3.29. The van der Waals surface area contributed by atoms with Crippen LogP contribution in [0.1, 0.15) is 28.6 Å². The molecule has 31 heavy (non-hydrogen) atoms. The molecule has 0 radical (unpaired) electrons. The molecule has 0 bridgehead atoms. The van der Waals surface area contributed by atoms with Crippen molar-refractivity contribution in [3.05, 3.63) is 83.1 Å². The number of barbiturate groups is 1.